The summed E-state index contributed by atoms with van der Waals surface area (Å²) in [6.45, 7) is 5.71. The minimum Gasteiger partial charge on any atom is -0.300 e. The smallest absolute Gasteiger partial charge is 0.130 e. The van der Waals surface area contributed by atoms with Crippen LogP contribution in [0.5, 0.6) is 0 Å². The third kappa shape index (κ3) is 3.16. The normalized spacial score (nSPS) is 12.9. The molecule has 0 N–H and O–H groups in total. The van der Waals surface area contributed by atoms with Crippen molar-refractivity contribution in [3.8, 4) is 0 Å². The Morgan fingerprint density at radius 3 is 2.60 bits per heavy atom. The van der Waals surface area contributed by atoms with Crippen LogP contribution in [0.4, 0.5) is 0 Å². The van der Waals surface area contributed by atoms with Crippen LogP contribution in [-0.4, -0.2) is 15.6 Å². The van der Waals surface area contributed by atoms with Crippen LogP contribution in [-0.2, 0) is 18.3 Å². The van der Waals surface area contributed by atoms with E-state index in [1.165, 1.54) is 5.69 Å². The van der Waals surface area contributed by atoms with Crippen LogP contribution in [0, 0.1) is 12.8 Å². The first-order valence-electron chi connectivity index (χ1n) is 5.09. The first-order chi connectivity index (χ1) is 6.91. The van der Waals surface area contributed by atoms with Crippen molar-refractivity contribution in [2.45, 2.75) is 33.6 Å². The summed E-state index contributed by atoms with van der Waals surface area (Å²) < 4.78 is 2.95. The number of hydrogen-bond acceptors (Lipinski definition) is 2. The molecule has 0 fully saturated rings. The molecule has 0 radical (unpaired) electrons. The average Bonchev–Trinajstić information content (AvgIpc) is 2.31. The van der Waals surface area contributed by atoms with E-state index in [9.17, 15) is 4.79 Å². The Labute approximate surface area is 99.0 Å². The molecule has 0 spiro atoms. The molecule has 1 atom stereocenters. The van der Waals surface area contributed by atoms with E-state index < -0.39 is 0 Å². The maximum absolute atomic E-state index is 11.0. The van der Waals surface area contributed by atoms with Crippen LogP contribution in [0.1, 0.15) is 31.7 Å². The van der Waals surface area contributed by atoms with E-state index >= 15 is 0 Å². The standard InChI is InChI=1S/C11H17BrN2O/c1-7(5-8(2)15)6-10-11(12)9(3)13-14(10)4/h7H,5-6H2,1-4H3. The molecule has 84 valence electrons. The number of aromatic nitrogens is 2. The van der Waals surface area contributed by atoms with Crippen molar-refractivity contribution in [3.05, 3.63) is 15.9 Å². The molecule has 1 unspecified atom stereocenters. The molecule has 0 bridgehead atoms. The van der Waals surface area contributed by atoms with Gasteiger partial charge in [0.1, 0.15) is 5.78 Å². The Morgan fingerprint density at radius 1 is 1.60 bits per heavy atom. The van der Waals surface area contributed by atoms with Gasteiger partial charge in [0.15, 0.2) is 0 Å². The third-order valence-electron chi connectivity index (χ3n) is 2.44. The second kappa shape index (κ2) is 4.92. The van der Waals surface area contributed by atoms with E-state index in [1.54, 1.807) is 6.92 Å². The van der Waals surface area contributed by atoms with E-state index in [-0.39, 0.29) is 5.78 Å². The highest BCUT2D eigenvalue weighted by atomic mass is 79.9. The lowest BCUT2D eigenvalue weighted by atomic mass is 9.99. The van der Waals surface area contributed by atoms with Crippen molar-refractivity contribution >= 4 is 21.7 Å². The lowest BCUT2D eigenvalue weighted by Crippen LogP contribution is -2.08. The molecule has 1 aromatic heterocycles. The predicted octanol–water partition coefficient (Wildman–Crippen LogP) is 2.65. The van der Waals surface area contributed by atoms with Crippen LogP contribution >= 0.6 is 15.9 Å². The number of carbonyl (C=O) groups is 1. The fourth-order valence-electron chi connectivity index (χ4n) is 1.79. The first kappa shape index (κ1) is 12.4. The van der Waals surface area contributed by atoms with Crippen LogP contribution < -0.4 is 0 Å². The zero-order chi connectivity index (χ0) is 11.6. The lowest BCUT2D eigenvalue weighted by molar-refractivity contribution is -0.117. The van der Waals surface area contributed by atoms with Gasteiger partial charge >= 0.3 is 0 Å². The molecule has 0 saturated carbocycles. The van der Waals surface area contributed by atoms with Gasteiger partial charge in [0.25, 0.3) is 0 Å². The van der Waals surface area contributed by atoms with Crippen molar-refractivity contribution in [1.82, 2.24) is 9.78 Å². The number of rotatable bonds is 4. The minimum atomic E-state index is 0.248. The van der Waals surface area contributed by atoms with Crippen LogP contribution in [0.3, 0.4) is 0 Å². The van der Waals surface area contributed by atoms with E-state index in [0.29, 0.717) is 12.3 Å². The van der Waals surface area contributed by atoms with Gasteiger partial charge in [-0.25, -0.2) is 0 Å². The van der Waals surface area contributed by atoms with Gasteiger partial charge in [0.05, 0.1) is 15.9 Å². The highest BCUT2D eigenvalue weighted by molar-refractivity contribution is 9.10. The number of halogens is 1. The Bertz CT molecular complexity index is 371. The molecule has 0 saturated heterocycles. The zero-order valence-electron chi connectivity index (χ0n) is 9.67. The van der Waals surface area contributed by atoms with Crippen molar-refractivity contribution in [1.29, 1.82) is 0 Å². The monoisotopic (exact) mass is 272 g/mol. The Morgan fingerprint density at radius 2 is 2.20 bits per heavy atom. The molecule has 1 heterocycles. The zero-order valence-corrected chi connectivity index (χ0v) is 11.3. The second-order valence-electron chi connectivity index (χ2n) is 4.19. The van der Waals surface area contributed by atoms with Crippen LogP contribution in [0.25, 0.3) is 0 Å². The van der Waals surface area contributed by atoms with Crippen molar-refractivity contribution < 1.29 is 4.79 Å². The Hall–Kier alpha value is -0.640. The van der Waals surface area contributed by atoms with Gasteiger partial charge in [-0.2, -0.15) is 5.10 Å². The topological polar surface area (TPSA) is 34.9 Å². The summed E-state index contributed by atoms with van der Waals surface area (Å²) in [6.07, 6.45) is 1.52. The lowest BCUT2D eigenvalue weighted by Gasteiger charge is -2.09. The summed E-state index contributed by atoms with van der Waals surface area (Å²) in [7, 11) is 1.94. The van der Waals surface area contributed by atoms with E-state index in [1.807, 2.05) is 18.7 Å². The molecular weight excluding hydrogens is 256 g/mol. The van der Waals surface area contributed by atoms with E-state index in [0.717, 1.165) is 16.6 Å². The van der Waals surface area contributed by atoms with Crippen LogP contribution in [0.15, 0.2) is 4.47 Å². The van der Waals surface area contributed by atoms with E-state index in [2.05, 4.69) is 28.0 Å². The van der Waals surface area contributed by atoms with Gasteiger partial charge in [-0.05, 0) is 42.1 Å². The molecule has 0 aliphatic rings. The maximum Gasteiger partial charge on any atom is 0.130 e. The molecule has 3 nitrogen and oxygen atoms in total. The molecule has 0 amide bonds. The summed E-state index contributed by atoms with van der Waals surface area (Å²) in [5, 5.41) is 4.33. The summed E-state index contributed by atoms with van der Waals surface area (Å²) in [4.78, 5) is 11.0. The number of hydrogen-bond donors (Lipinski definition) is 0. The SMILES string of the molecule is CC(=O)CC(C)Cc1c(Br)c(C)nn1C. The summed E-state index contributed by atoms with van der Waals surface area (Å²) >= 11 is 3.53. The van der Waals surface area contributed by atoms with Crippen molar-refractivity contribution in [2.24, 2.45) is 13.0 Å². The molecule has 15 heavy (non-hydrogen) atoms. The van der Waals surface area contributed by atoms with Crippen molar-refractivity contribution in [3.63, 3.8) is 0 Å². The number of aryl methyl sites for hydroxylation is 2. The third-order valence-corrected chi connectivity index (χ3v) is 3.47. The minimum absolute atomic E-state index is 0.248. The number of ketones is 1. The fourth-order valence-corrected chi connectivity index (χ4v) is 2.29. The fraction of sp³-hybridized carbons (Fsp3) is 0.636. The van der Waals surface area contributed by atoms with Gasteiger partial charge in [0.2, 0.25) is 0 Å². The number of nitrogens with zero attached hydrogens (tertiary/aromatic N) is 2. The quantitative estimate of drug-likeness (QED) is 0.845. The molecule has 1 rings (SSSR count). The van der Waals surface area contributed by atoms with Gasteiger partial charge in [-0.3, -0.25) is 4.68 Å². The largest absolute Gasteiger partial charge is 0.300 e. The maximum atomic E-state index is 11.0. The summed E-state index contributed by atoms with van der Waals surface area (Å²) in [5.74, 6) is 0.617. The van der Waals surface area contributed by atoms with Gasteiger partial charge in [0, 0.05) is 13.5 Å². The summed E-state index contributed by atoms with van der Waals surface area (Å²) in [5.41, 5.74) is 2.17. The van der Waals surface area contributed by atoms with Crippen LogP contribution in [0.2, 0.25) is 0 Å². The van der Waals surface area contributed by atoms with Crippen molar-refractivity contribution in [2.75, 3.05) is 0 Å². The number of carbonyl (C=O) groups excluding carboxylic acids is 1. The molecule has 4 heteroatoms. The van der Waals surface area contributed by atoms with Gasteiger partial charge < -0.3 is 4.79 Å². The Balaban J connectivity index is 2.76. The molecular formula is C11H17BrN2O. The van der Waals surface area contributed by atoms with Gasteiger partial charge in [-0.15, -0.1) is 0 Å². The highest BCUT2D eigenvalue weighted by Crippen LogP contribution is 2.23. The summed E-state index contributed by atoms with van der Waals surface area (Å²) in [6, 6.07) is 0. The highest BCUT2D eigenvalue weighted by Gasteiger charge is 2.14. The Kier molecular flexibility index (Phi) is 4.08. The van der Waals surface area contributed by atoms with E-state index in [4.69, 9.17) is 0 Å². The second-order valence-corrected chi connectivity index (χ2v) is 4.98. The average molecular weight is 273 g/mol. The molecule has 0 aromatic carbocycles. The molecule has 0 aliphatic heterocycles. The van der Waals surface area contributed by atoms with Gasteiger partial charge in [-0.1, -0.05) is 6.92 Å². The first-order valence-corrected chi connectivity index (χ1v) is 5.88. The predicted molar refractivity (Wildman–Crippen MR) is 63.8 cm³/mol. The number of Topliss-reactive ketones (excluding diaryl/α,β-unsaturated/α-hetero) is 1. The molecule has 1 aromatic rings. The molecule has 0 aliphatic carbocycles.